The highest BCUT2D eigenvalue weighted by molar-refractivity contribution is 6.17. The second-order valence-electron chi connectivity index (χ2n) is 3.27. The number of rotatable bonds is 6. The standard InChI is InChI=1S/C10H12ClN3O3/c11-7-1-2-10(15)13-12-8-3-5-9(6-4-8)14(16)17/h3-6,12H,1-2,7H2,(H,13,15). The van der Waals surface area contributed by atoms with E-state index in [1.807, 2.05) is 0 Å². The first-order valence-corrected chi connectivity index (χ1v) is 5.52. The Balaban J connectivity index is 2.42. The predicted molar refractivity (Wildman–Crippen MR) is 64.8 cm³/mol. The molecule has 1 rings (SSSR count). The van der Waals surface area contributed by atoms with Gasteiger partial charge in [-0.2, -0.15) is 0 Å². The fourth-order valence-corrected chi connectivity index (χ4v) is 1.23. The van der Waals surface area contributed by atoms with Crippen LogP contribution in [0.15, 0.2) is 24.3 Å². The maximum absolute atomic E-state index is 11.2. The van der Waals surface area contributed by atoms with E-state index in [-0.39, 0.29) is 11.6 Å². The number of non-ortho nitro benzene ring substituents is 1. The van der Waals surface area contributed by atoms with Gasteiger partial charge in [0, 0.05) is 24.4 Å². The Morgan fingerprint density at radius 1 is 1.35 bits per heavy atom. The molecule has 7 heteroatoms. The van der Waals surface area contributed by atoms with Crippen LogP contribution in [0.25, 0.3) is 0 Å². The Kier molecular flexibility index (Phi) is 5.22. The van der Waals surface area contributed by atoms with Crippen molar-refractivity contribution in [3.63, 3.8) is 0 Å². The Morgan fingerprint density at radius 2 is 2.00 bits per heavy atom. The lowest BCUT2D eigenvalue weighted by Gasteiger charge is -2.07. The van der Waals surface area contributed by atoms with Crippen LogP contribution in [0.1, 0.15) is 12.8 Å². The zero-order chi connectivity index (χ0) is 12.7. The summed E-state index contributed by atoms with van der Waals surface area (Å²) in [5.41, 5.74) is 5.70. The highest BCUT2D eigenvalue weighted by Crippen LogP contribution is 2.14. The summed E-state index contributed by atoms with van der Waals surface area (Å²) in [6.45, 7) is 0. The molecule has 0 fully saturated rings. The predicted octanol–water partition coefficient (Wildman–Crippen LogP) is 2.06. The number of nitro groups is 1. The van der Waals surface area contributed by atoms with Crippen LogP contribution in [0.3, 0.4) is 0 Å². The van der Waals surface area contributed by atoms with Crippen molar-refractivity contribution in [3.05, 3.63) is 34.4 Å². The third-order valence-corrected chi connectivity index (χ3v) is 2.23. The Hall–Kier alpha value is -1.82. The second kappa shape index (κ2) is 6.70. The lowest BCUT2D eigenvalue weighted by molar-refractivity contribution is -0.384. The van der Waals surface area contributed by atoms with Gasteiger partial charge in [-0.15, -0.1) is 11.6 Å². The normalized spacial score (nSPS) is 9.71. The quantitative estimate of drug-likeness (QED) is 0.464. The summed E-state index contributed by atoms with van der Waals surface area (Å²) in [7, 11) is 0. The van der Waals surface area contributed by atoms with Crippen LogP contribution in [0.5, 0.6) is 0 Å². The summed E-state index contributed by atoms with van der Waals surface area (Å²) in [5.74, 6) is 0.259. The van der Waals surface area contributed by atoms with Gasteiger partial charge >= 0.3 is 0 Å². The molecule has 0 spiro atoms. The monoisotopic (exact) mass is 257 g/mol. The number of amides is 1. The molecule has 6 nitrogen and oxygen atoms in total. The van der Waals surface area contributed by atoms with Crippen LogP contribution in [-0.2, 0) is 4.79 Å². The van der Waals surface area contributed by atoms with Crippen LogP contribution in [0.4, 0.5) is 11.4 Å². The third-order valence-electron chi connectivity index (χ3n) is 1.96. The van der Waals surface area contributed by atoms with E-state index in [0.29, 0.717) is 24.4 Å². The Morgan fingerprint density at radius 3 is 2.53 bits per heavy atom. The van der Waals surface area contributed by atoms with Crippen molar-refractivity contribution in [1.82, 2.24) is 5.43 Å². The van der Waals surface area contributed by atoms with Gasteiger partial charge in [-0.3, -0.25) is 25.8 Å². The number of alkyl halides is 1. The molecule has 1 amide bonds. The van der Waals surface area contributed by atoms with Gasteiger partial charge in [0.2, 0.25) is 5.91 Å². The molecule has 0 heterocycles. The van der Waals surface area contributed by atoms with E-state index in [0.717, 1.165) is 0 Å². The van der Waals surface area contributed by atoms with Gasteiger partial charge in [-0.1, -0.05) is 0 Å². The minimum absolute atomic E-state index is 0.00372. The minimum atomic E-state index is -0.483. The molecule has 0 saturated heterocycles. The summed E-state index contributed by atoms with van der Waals surface area (Å²) in [6.07, 6.45) is 0.943. The molecule has 1 aromatic rings. The number of nitrogens with one attached hydrogen (secondary N) is 2. The summed E-state index contributed by atoms with van der Waals surface area (Å²) < 4.78 is 0. The van der Waals surface area contributed by atoms with Crippen LogP contribution >= 0.6 is 11.6 Å². The van der Waals surface area contributed by atoms with Gasteiger partial charge in [0.05, 0.1) is 10.6 Å². The topological polar surface area (TPSA) is 84.3 Å². The molecule has 0 aliphatic heterocycles. The summed E-state index contributed by atoms with van der Waals surface area (Å²) >= 11 is 5.45. The van der Waals surface area contributed by atoms with Crippen molar-refractivity contribution in [3.8, 4) is 0 Å². The molecular formula is C10H12ClN3O3. The van der Waals surface area contributed by atoms with Gasteiger partial charge in [-0.25, -0.2) is 0 Å². The van der Waals surface area contributed by atoms with Crippen LogP contribution in [-0.4, -0.2) is 16.7 Å². The SMILES string of the molecule is O=C(CCCCl)NNc1ccc([N+](=O)[O-])cc1. The van der Waals surface area contributed by atoms with E-state index in [4.69, 9.17) is 11.6 Å². The van der Waals surface area contributed by atoms with Gasteiger partial charge in [0.15, 0.2) is 0 Å². The third kappa shape index (κ3) is 4.69. The first kappa shape index (κ1) is 13.2. The number of benzene rings is 1. The van der Waals surface area contributed by atoms with Gasteiger partial charge in [-0.05, 0) is 18.6 Å². The van der Waals surface area contributed by atoms with Crippen LogP contribution in [0.2, 0.25) is 0 Å². The molecular weight excluding hydrogens is 246 g/mol. The minimum Gasteiger partial charge on any atom is -0.299 e. The number of hydrazine groups is 1. The smallest absolute Gasteiger partial charge is 0.269 e. The first-order chi connectivity index (χ1) is 8.13. The number of nitrogens with zero attached hydrogens (tertiary/aromatic N) is 1. The van der Waals surface area contributed by atoms with Crippen molar-refractivity contribution >= 4 is 28.9 Å². The molecule has 92 valence electrons. The molecule has 17 heavy (non-hydrogen) atoms. The summed E-state index contributed by atoms with van der Waals surface area (Å²) in [6, 6.07) is 5.74. The second-order valence-corrected chi connectivity index (χ2v) is 3.65. The zero-order valence-electron chi connectivity index (χ0n) is 8.98. The molecule has 0 atom stereocenters. The first-order valence-electron chi connectivity index (χ1n) is 4.99. The number of nitro benzene ring substituents is 1. The van der Waals surface area contributed by atoms with E-state index in [1.165, 1.54) is 24.3 Å². The summed E-state index contributed by atoms with van der Waals surface area (Å²) in [5, 5.41) is 10.4. The van der Waals surface area contributed by atoms with Crippen molar-refractivity contribution in [2.75, 3.05) is 11.3 Å². The summed E-state index contributed by atoms with van der Waals surface area (Å²) in [4.78, 5) is 21.1. The lowest BCUT2D eigenvalue weighted by atomic mass is 10.3. The van der Waals surface area contributed by atoms with E-state index < -0.39 is 4.92 Å². The fourth-order valence-electron chi connectivity index (χ4n) is 1.10. The van der Waals surface area contributed by atoms with E-state index in [2.05, 4.69) is 10.9 Å². The fraction of sp³-hybridized carbons (Fsp3) is 0.300. The molecule has 0 aromatic heterocycles. The Labute approximate surface area is 103 Å². The van der Waals surface area contributed by atoms with Crippen LogP contribution < -0.4 is 10.9 Å². The largest absolute Gasteiger partial charge is 0.299 e. The average molecular weight is 258 g/mol. The average Bonchev–Trinajstić information content (AvgIpc) is 2.34. The molecule has 0 bridgehead atoms. The van der Waals surface area contributed by atoms with E-state index in [9.17, 15) is 14.9 Å². The number of halogens is 1. The van der Waals surface area contributed by atoms with E-state index in [1.54, 1.807) is 0 Å². The Bertz CT molecular complexity index is 394. The zero-order valence-corrected chi connectivity index (χ0v) is 9.74. The number of carbonyl (C=O) groups is 1. The van der Waals surface area contributed by atoms with Gasteiger partial charge in [0.1, 0.15) is 0 Å². The van der Waals surface area contributed by atoms with E-state index >= 15 is 0 Å². The van der Waals surface area contributed by atoms with Crippen LogP contribution in [0, 0.1) is 10.1 Å². The molecule has 0 unspecified atom stereocenters. The van der Waals surface area contributed by atoms with Crippen molar-refractivity contribution in [1.29, 1.82) is 0 Å². The molecule has 0 aliphatic carbocycles. The molecule has 0 aliphatic rings. The number of hydrogen-bond acceptors (Lipinski definition) is 4. The molecule has 2 N–H and O–H groups in total. The number of carbonyl (C=O) groups excluding carboxylic acids is 1. The molecule has 0 radical (unpaired) electrons. The number of anilines is 1. The molecule has 1 aromatic carbocycles. The van der Waals surface area contributed by atoms with Gasteiger partial charge in [0.25, 0.3) is 5.69 Å². The lowest BCUT2D eigenvalue weighted by Crippen LogP contribution is -2.29. The van der Waals surface area contributed by atoms with Crippen molar-refractivity contribution in [2.24, 2.45) is 0 Å². The maximum atomic E-state index is 11.2. The highest BCUT2D eigenvalue weighted by Gasteiger charge is 2.04. The van der Waals surface area contributed by atoms with Crippen molar-refractivity contribution < 1.29 is 9.72 Å². The number of hydrogen-bond donors (Lipinski definition) is 2. The van der Waals surface area contributed by atoms with Crippen molar-refractivity contribution in [2.45, 2.75) is 12.8 Å². The maximum Gasteiger partial charge on any atom is 0.269 e. The highest BCUT2D eigenvalue weighted by atomic mass is 35.5. The molecule has 0 saturated carbocycles. The van der Waals surface area contributed by atoms with Gasteiger partial charge < -0.3 is 0 Å².